The van der Waals surface area contributed by atoms with E-state index >= 15 is 0 Å². The van der Waals surface area contributed by atoms with Crippen molar-refractivity contribution in [2.75, 3.05) is 0 Å². The molecular weight excluding hydrogens is 190 g/mol. The Morgan fingerprint density at radius 2 is 1.80 bits per heavy atom. The van der Waals surface area contributed by atoms with Gasteiger partial charge in [0, 0.05) is 5.54 Å². The summed E-state index contributed by atoms with van der Waals surface area (Å²) in [5.74, 6) is -0.757. The normalized spacial score (nSPS) is 16.1. The van der Waals surface area contributed by atoms with Gasteiger partial charge in [0.2, 0.25) is 0 Å². The molecular formula is C12H25NO2. The number of carboxylic acids is 1. The SMILES string of the molecule is CCCCCC(C)(CC(=O)O)C(C)(C)N. The minimum atomic E-state index is -0.757. The fourth-order valence-corrected chi connectivity index (χ4v) is 1.74. The van der Waals surface area contributed by atoms with Crippen molar-refractivity contribution in [2.24, 2.45) is 11.1 Å². The van der Waals surface area contributed by atoms with Gasteiger partial charge in [0.1, 0.15) is 0 Å². The van der Waals surface area contributed by atoms with Gasteiger partial charge in [-0.1, -0.05) is 33.1 Å². The number of rotatable bonds is 7. The van der Waals surface area contributed by atoms with Crippen molar-refractivity contribution in [1.82, 2.24) is 0 Å². The first kappa shape index (κ1) is 14.4. The van der Waals surface area contributed by atoms with Gasteiger partial charge in [0.15, 0.2) is 0 Å². The van der Waals surface area contributed by atoms with Crippen LogP contribution in [0.15, 0.2) is 0 Å². The molecule has 0 aromatic heterocycles. The number of carboxylic acid groups (broad SMARTS) is 1. The summed E-state index contributed by atoms with van der Waals surface area (Å²) in [5.41, 5.74) is 5.32. The van der Waals surface area contributed by atoms with Crippen LogP contribution in [0.25, 0.3) is 0 Å². The Hall–Kier alpha value is -0.570. The topological polar surface area (TPSA) is 63.3 Å². The van der Waals surface area contributed by atoms with Gasteiger partial charge in [-0.05, 0) is 25.7 Å². The second-order valence-electron chi connectivity index (χ2n) is 5.31. The summed E-state index contributed by atoms with van der Waals surface area (Å²) in [6.45, 7) is 7.96. The average molecular weight is 215 g/mol. The molecule has 0 bridgehead atoms. The van der Waals surface area contributed by atoms with Gasteiger partial charge in [-0.2, -0.15) is 0 Å². The average Bonchev–Trinajstić information content (AvgIpc) is 2.01. The minimum Gasteiger partial charge on any atom is -0.481 e. The van der Waals surface area contributed by atoms with E-state index in [-0.39, 0.29) is 11.8 Å². The van der Waals surface area contributed by atoms with Gasteiger partial charge >= 0.3 is 5.97 Å². The molecule has 0 amide bonds. The molecule has 0 spiro atoms. The van der Waals surface area contributed by atoms with Crippen molar-refractivity contribution in [1.29, 1.82) is 0 Å². The van der Waals surface area contributed by atoms with Crippen LogP contribution in [0.3, 0.4) is 0 Å². The van der Waals surface area contributed by atoms with Crippen molar-refractivity contribution in [3.8, 4) is 0 Å². The molecule has 0 radical (unpaired) electrons. The summed E-state index contributed by atoms with van der Waals surface area (Å²) in [5, 5.41) is 8.91. The molecule has 1 atom stereocenters. The van der Waals surface area contributed by atoms with Gasteiger partial charge < -0.3 is 10.8 Å². The molecule has 3 nitrogen and oxygen atoms in total. The zero-order valence-corrected chi connectivity index (χ0v) is 10.5. The van der Waals surface area contributed by atoms with Crippen molar-refractivity contribution in [3.63, 3.8) is 0 Å². The maximum atomic E-state index is 10.8. The highest BCUT2D eigenvalue weighted by Crippen LogP contribution is 2.38. The molecule has 0 aliphatic heterocycles. The van der Waals surface area contributed by atoms with Gasteiger partial charge in [-0.25, -0.2) is 0 Å². The van der Waals surface area contributed by atoms with Crippen molar-refractivity contribution < 1.29 is 9.90 Å². The maximum absolute atomic E-state index is 10.8. The largest absolute Gasteiger partial charge is 0.481 e. The predicted molar refractivity (Wildman–Crippen MR) is 62.8 cm³/mol. The standard InChI is InChI=1S/C12H25NO2/c1-5-6-7-8-12(4,9-10(14)15)11(2,3)13/h5-9,13H2,1-4H3,(H,14,15). The minimum absolute atomic E-state index is 0.153. The third-order valence-electron chi connectivity index (χ3n) is 3.43. The molecule has 1 unspecified atom stereocenters. The molecule has 0 fully saturated rings. The Kier molecular flexibility index (Phi) is 5.29. The number of nitrogens with two attached hydrogens (primary N) is 1. The Bertz CT molecular complexity index is 208. The molecule has 3 heteroatoms. The second kappa shape index (κ2) is 5.50. The van der Waals surface area contributed by atoms with Crippen molar-refractivity contribution in [3.05, 3.63) is 0 Å². The van der Waals surface area contributed by atoms with E-state index in [1.54, 1.807) is 0 Å². The van der Waals surface area contributed by atoms with Crippen LogP contribution in [0, 0.1) is 5.41 Å². The first-order chi connectivity index (χ1) is 6.73. The van der Waals surface area contributed by atoms with Gasteiger partial charge in [-0.15, -0.1) is 0 Å². The van der Waals surface area contributed by atoms with Crippen molar-refractivity contribution >= 4 is 5.97 Å². The van der Waals surface area contributed by atoms with E-state index in [4.69, 9.17) is 10.8 Å². The van der Waals surface area contributed by atoms with Gasteiger partial charge in [-0.3, -0.25) is 4.79 Å². The molecule has 0 aromatic rings. The Morgan fingerprint density at radius 1 is 1.27 bits per heavy atom. The van der Waals surface area contributed by atoms with E-state index in [1.807, 2.05) is 20.8 Å². The van der Waals surface area contributed by atoms with Crippen LogP contribution in [-0.2, 0) is 4.79 Å². The summed E-state index contributed by atoms with van der Waals surface area (Å²) in [6.07, 6.45) is 4.39. The van der Waals surface area contributed by atoms with E-state index in [1.165, 1.54) is 0 Å². The van der Waals surface area contributed by atoms with Crippen LogP contribution in [0.5, 0.6) is 0 Å². The van der Waals surface area contributed by atoms with Crippen LogP contribution < -0.4 is 5.73 Å². The maximum Gasteiger partial charge on any atom is 0.303 e. The quantitative estimate of drug-likeness (QED) is 0.642. The Labute approximate surface area is 93.0 Å². The summed E-state index contributed by atoms with van der Waals surface area (Å²) in [4.78, 5) is 10.8. The first-order valence-electron chi connectivity index (χ1n) is 5.73. The van der Waals surface area contributed by atoms with Crippen LogP contribution in [0.4, 0.5) is 0 Å². The van der Waals surface area contributed by atoms with Crippen LogP contribution >= 0.6 is 0 Å². The molecule has 0 saturated heterocycles. The molecule has 0 rings (SSSR count). The highest BCUT2D eigenvalue weighted by molar-refractivity contribution is 5.67. The van der Waals surface area contributed by atoms with Gasteiger partial charge in [0.25, 0.3) is 0 Å². The smallest absolute Gasteiger partial charge is 0.303 e. The predicted octanol–water partition coefficient (Wildman–Crippen LogP) is 2.79. The molecule has 0 aliphatic rings. The lowest BCUT2D eigenvalue weighted by atomic mass is 9.68. The lowest BCUT2D eigenvalue weighted by Crippen LogP contribution is -2.50. The number of aliphatic carboxylic acids is 1. The Morgan fingerprint density at radius 3 is 2.13 bits per heavy atom. The van der Waals surface area contributed by atoms with E-state index in [9.17, 15) is 4.79 Å². The number of unbranched alkanes of at least 4 members (excludes halogenated alkanes) is 2. The number of hydrogen-bond donors (Lipinski definition) is 2. The van der Waals surface area contributed by atoms with E-state index in [2.05, 4.69) is 6.92 Å². The Balaban J connectivity index is 4.49. The fraction of sp³-hybridized carbons (Fsp3) is 0.917. The molecule has 15 heavy (non-hydrogen) atoms. The molecule has 3 N–H and O–H groups in total. The zero-order chi connectivity index (χ0) is 12.1. The van der Waals surface area contributed by atoms with Gasteiger partial charge in [0.05, 0.1) is 6.42 Å². The monoisotopic (exact) mass is 215 g/mol. The van der Waals surface area contributed by atoms with E-state index in [0.29, 0.717) is 0 Å². The summed E-state index contributed by atoms with van der Waals surface area (Å²) < 4.78 is 0. The molecule has 0 aromatic carbocycles. The van der Waals surface area contributed by atoms with E-state index < -0.39 is 11.5 Å². The van der Waals surface area contributed by atoms with Crippen LogP contribution in [0.2, 0.25) is 0 Å². The number of carbonyl (C=O) groups is 1. The zero-order valence-electron chi connectivity index (χ0n) is 10.5. The first-order valence-corrected chi connectivity index (χ1v) is 5.73. The lowest BCUT2D eigenvalue weighted by Gasteiger charge is -2.41. The molecule has 0 aliphatic carbocycles. The highest BCUT2D eigenvalue weighted by atomic mass is 16.4. The highest BCUT2D eigenvalue weighted by Gasteiger charge is 2.39. The third kappa shape index (κ3) is 4.65. The summed E-state index contributed by atoms with van der Waals surface area (Å²) in [6, 6.07) is 0. The van der Waals surface area contributed by atoms with Crippen LogP contribution in [0.1, 0.15) is 59.8 Å². The second-order valence-corrected chi connectivity index (χ2v) is 5.31. The summed E-state index contributed by atoms with van der Waals surface area (Å²) in [7, 11) is 0. The fourth-order valence-electron chi connectivity index (χ4n) is 1.74. The van der Waals surface area contributed by atoms with Crippen LogP contribution in [-0.4, -0.2) is 16.6 Å². The van der Waals surface area contributed by atoms with E-state index in [0.717, 1.165) is 25.7 Å². The molecule has 0 heterocycles. The third-order valence-corrected chi connectivity index (χ3v) is 3.43. The lowest BCUT2D eigenvalue weighted by molar-refractivity contribution is -0.140. The molecule has 90 valence electrons. The van der Waals surface area contributed by atoms with Crippen molar-refractivity contribution in [2.45, 2.75) is 65.3 Å². The molecule has 0 saturated carbocycles. The summed E-state index contributed by atoms with van der Waals surface area (Å²) >= 11 is 0. The number of hydrogen-bond acceptors (Lipinski definition) is 2.